The third-order valence-corrected chi connectivity index (χ3v) is 8.43. The summed E-state index contributed by atoms with van der Waals surface area (Å²) in [6, 6.07) is 3.70. The lowest BCUT2D eigenvalue weighted by Gasteiger charge is -2.39. The molecule has 234 valence electrons. The summed E-state index contributed by atoms with van der Waals surface area (Å²) >= 11 is 0. The smallest absolute Gasteiger partial charge is 0.418 e. The predicted octanol–water partition coefficient (Wildman–Crippen LogP) is 1.65. The quantitative estimate of drug-likeness (QED) is 0.441. The molecule has 1 aromatic heterocycles. The standard InChI is InChI=1S/C31H44N6O6/c1-6-19(2)26-30(41)36-14-10-9-13-25(36)29(40)32-20(3)27(38)33-23(28(39)34-26)17-21-18-37(24-12-8-7-11-22(21)24)31(42)43-16-15-35(4)5/h7-8,11-12,18-20,23,25-26H,6,9-10,13-17H2,1-5H3,(H,32,40)(H,33,38)(H,34,39)/t19?,20-,23?,25+,26-/m0/s1. The SMILES string of the molecule is CCC(C)[C@@H]1NC(=O)C(Cc2cn(C(=O)OCCN(C)C)c3ccccc23)NC(=O)[C@H](C)NC(=O)[C@H]2CCCCN2C1=O. The van der Waals surface area contributed by atoms with Gasteiger partial charge in [-0.25, -0.2) is 4.79 Å². The Bertz CT molecular complexity index is 1360. The van der Waals surface area contributed by atoms with Gasteiger partial charge in [-0.15, -0.1) is 0 Å². The zero-order valence-corrected chi connectivity index (χ0v) is 25.7. The fraction of sp³-hybridized carbons (Fsp3) is 0.581. The van der Waals surface area contributed by atoms with Crippen LogP contribution < -0.4 is 16.0 Å². The molecule has 2 fully saturated rings. The summed E-state index contributed by atoms with van der Waals surface area (Å²) in [5.74, 6) is -1.91. The van der Waals surface area contributed by atoms with Crippen LogP contribution in [-0.4, -0.2) is 102 Å². The number of carbonyl (C=O) groups is 5. The van der Waals surface area contributed by atoms with Crippen molar-refractivity contribution in [3.8, 4) is 0 Å². The van der Waals surface area contributed by atoms with Crippen LogP contribution in [0.4, 0.5) is 4.79 Å². The molecule has 0 spiro atoms. The normalized spacial score (nSPS) is 24.4. The number of carbonyl (C=O) groups excluding carboxylic acids is 5. The second-order valence-corrected chi connectivity index (χ2v) is 11.9. The molecule has 3 heterocycles. The molecule has 1 aromatic carbocycles. The highest BCUT2D eigenvalue weighted by Crippen LogP contribution is 2.25. The highest BCUT2D eigenvalue weighted by atomic mass is 16.5. The molecule has 2 saturated heterocycles. The zero-order valence-electron chi connectivity index (χ0n) is 25.7. The number of amides is 4. The number of nitrogens with zero attached hydrogens (tertiary/aromatic N) is 3. The second kappa shape index (κ2) is 14.0. The minimum atomic E-state index is -1.08. The summed E-state index contributed by atoms with van der Waals surface area (Å²) < 4.78 is 6.87. The number of hydrogen-bond acceptors (Lipinski definition) is 7. The second-order valence-electron chi connectivity index (χ2n) is 11.9. The van der Waals surface area contributed by atoms with Crippen molar-refractivity contribution < 1.29 is 28.7 Å². The molecular formula is C31H44N6O6. The van der Waals surface area contributed by atoms with E-state index in [0.717, 1.165) is 18.2 Å². The van der Waals surface area contributed by atoms with E-state index in [0.29, 0.717) is 37.0 Å². The summed E-state index contributed by atoms with van der Waals surface area (Å²) in [4.78, 5) is 70.8. The van der Waals surface area contributed by atoms with Crippen molar-refractivity contribution in [2.75, 3.05) is 33.8 Å². The van der Waals surface area contributed by atoms with E-state index in [1.54, 1.807) is 30.2 Å². The van der Waals surface area contributed by atoms with Crippen LogP contribution in [-0.2, 0) is 30.3 Å². The fourth-order valence-electron chi connectivity index (χ4n) is 5.63. The van der Waals surface area contributed by atoms with Gasteiger partial charge in [-0.3, -0.25) is 23.7 Å². The molecule has 12 heteroatoms. The first-order valence-electron chi connectivity index (χ1n) is 15.1. The maximum absolute atomic E-state index is 13.9. The van der Waals surface area contributed by atoms with Crippen LogP contribution >= 0.6 is 0 Å². The first-order valence-corrected chi connectivity index (χ1v) is 15.1. The number of fused-ring (bicyclic) bond motifs is 2. The van der Waals surface area contributed by atoms with Gasteiger partial charge in [-0.2, -0.15) is 0 Å². The fourth-order valence-corrected chi connectivity index (χ4v) is 5.63. The number of nitrogens with one attached hydrogen (secondary N) is 3. The molecule has 0 aliphatic carbocycles. The molecule has 2 aliphatic heterocycles. The van der Waals surface area contributed by atoms with Gasteiger partial charge < -0.3 is 30.5 Å². The molecule has 12 nitrogen and oxygen atoms in total. The Morgan fingerprint density at radius 3 is 2.51 bits per heavy atom. The van der Waals surface area contributed by atoms with Crippen LogP contribution in [0.3, 0.4) is 0 Å². The van der Waals surface area contributed by atoms with E-state index in [1.165, 1.54) is 4.57 Å². The van der Waals surface area contributed by atoms with Crippen LogP contribution in [0.1, 0.15) is 52.0 Å². The van der Waals surface area contributed by atoms with Crippen molar-refractivity contribution in [1.82, 2.24) is 30.3 Å². The number of piperidine rings is 1. The maximum atomic E-state index is 13.9. The van der Waals surface area contributed by atoms with Crippen molar-refractivity contribution in [2.45, 2.75) is 77.0 Å². The Hall–Kier alpha value is -3.93. The molecular weight excluding hydrogens is 552 g/mol. The number of para-hydroxylation sites is 1. The summed E-state index contributed by atoms with van der Waals surface area (Å²) in [5, 5.41) is 9.21. The molecule has 5 atom stereocenters. The van der Waals surface area contributed by atoms with Crippen molar-refractivity contribution in [3.63, 3.8) is 0 Å². The Labute approximate surface area is 252 Å². The lowest BCUT2D eigenvalue weighted by atomic mass is 9.93. The average Bonchev–Trinajstić information content (AvgIpc) is 3.36. The number of benzene rings is 1. The molecule has 0 saturated carbocycles. The predicted molar refractivity (Wildman–Crippen MR) is 161 cm³/mol. The van der Waals surface area contributed by atoms with Gasteiger partial charge in [0.05, 0.1) is 5.52 Å². The molecule has 0 radical (unpaired) electrons. The number of aromatic nitrogens is 1. The number of rotatable bonds is 7. The molecule has 43 heavy (non-hydrogen) atoms. The van der Waals surface area contributed by atoms with Crippen molar-refractivity contribution in [3.05, 3.63) is 36.0 Å². The highest BCUT2D eigenvalue weighted by molar-refractivity contribution is 5.98. The van der Waals surface area contributed by atoms with Gasteiger partial charge in [-0.05, 0) is 57.8 Å². The monoisotopic (exact) mass is 596 g/mol. The van der Waals surface area contributed by atoms with Gasteiger partial charge in [0, 0.05) is 31.1 Å². The maximum Gasteiger partial charge on any atom is 0.418 e. The minimum absolute atomic E-state index is 0.0461. The molecule has 2 aromatic rings. The summed E-state index contributed by atoms with van der Waals surface area (Å²) in [6.45, 7) is 6.57. The molecule has 4 amide bonds. The molecule has 3 N–H and O–H groups in total. The Morgan fingerprint density at radius 1 is 1.05 bits per heavy atom. The van der Waals surface area contributed by atoms with E-state index in [1.807, 2.05) is 45.0 Å². The Balaban J connectivity index is 1.67. The minimum Gasteiger partial charge on any atom is -0.448 e. The van der Waals surface area contributed by atoms with Crippen LogP contribution in [0.5, 0.6) is 0 Å². The van der Waals surface area contributed by atoms with Gasteiger partial charge >= 0.3 is 6.09 Å². The van der Waals surface area contributed by atoms with E-state index in [9.17, 15) is 24.0 Å². The Morgan fingerprint density at radius 2 is 1.79 bits per heavy atom. The van der Waals surface area contributed by atoms with E-state index in [4.69, 9.17) is 4.74 Å². The third-order valence-electron chi connectivity index (χ3n) is 8.43. The van der Waals surface area contributed by atoms with E-state index in [2.05, 4.69) is 16.0 Å². The van der Waals surface area contributed by atoms with Gasteiger partial charge in [-0.1, -0.05) is 38.5 Å². The topological polar surface area (TPSA) is 142 Å². The molecule has 0 bridgehead atoms. The molecule has 2 aliphatic rings. The summed E-state index contributed by atoms with van der Waals surface area (Å²) in [5.41, 5.74) is 1.25. The van der Waals surface area contributed by atoms with Gasteiger partial charge in [0.1, 0.15) is 30.8 Å². The van der Waals surface area contributed by atoms with Crippen molar-refractivity contribution >= 4 is 40.6 Å². The summed E-state index contributed by atoms with van der Waals surface area (Å²) in [7, 11) is 3.77. The largest absolute Gasteiger partial charge is 0.448 e. The van der Waals surface area contributed by atoms with Crippen LogP contribution in [0.2, 0.25) is 0 Å². The van der Waals surface area contributed by atoms with Gasteiger partial charge in [0.15, 0.2) is 0 Å². The average molecular weight is 597 g/mol. The first kappa shape index (κ1) is 32.0. The van der Waals surface area contributed by atoms with Crippen molar-refractivity contribution in [1.29, 1.82) is 0 Å². The van der Waals surface area contributed by atoms with Crippen molar-refractivity contribution in [2.24, 2.45) is 5.92 Å². The third kappa shape index (κ3) is 7.35. The number of hydrogen-bond donors (Lipinski definition) is 3. The van der Waals surface area contributed by atoms with Gasteiger partial charge in [0.2, 0.25) is 23.6 Å². The number of likely N-dealkylation sites (N-methyl/N-ethyl adjacent to an activating group) is 1. The lowest BCUT2D eigenvalue weighted by molar-refractivity contribution is -0.147. The number of ether oxygens (including phenoxy) is 1. The van der Waals surface area contributed by atoms with E-state index < -0.39 is 42.1 Å². The summed E-state index contributed by atoms with van der Waals surface area (Å²) in [6.07, 6.45) is 3.80. The van der Waals surface area contributed by atoms with Crippen LogP contribution in [0.15, 0.2) is 30.5 Å². The zero-order chi connectivity index (χ0) is 31.3. The van der Waals surface area contributed by atoms with E-state index in [-0.39, 0.29) is 30.8 Å². The first-order chi connectivity index (χ1) is 20.5. The molecule has 4 rings (SSSR count). The Kier molecular flexibility index (Phi) is 10.4. The van der Waals surface area contributed by atoms with E-state index >= 15 is 0 Å². The van der Waals surface area contributed by atoms with Crippen LogP contribution in [0.25, 0.3) is 10.9 Å². The highest BCUT2D eigenvalue weighted by Gasteiger charge is 2.40. The lowest BCUT2D eigenvalue weighted by Crippen LogP contribution is -2.64. The molecule has 2 unspecified atom stereocenters. The van der Waals surface area contributed by atoms with Crippen LogP contribution in [0, 0.1) is 5.92 Å². The van der Waals surface area contributed by atoms with Gasteiger partial charge in [0.25, 0.3) is 0 Å².